The molecule has 0 aliphatic heterocycles. The molecule has 18 heavy (non-hydrogen) atoms. The van der Waals surface area contributed by atoms with Crippen molar-refractivity contribution in [2.75, 3.05) is 20.8 Å². The monoisotopic (exact) mass is 268 g/mol. The third kappa shape index (κ3) is 3.77. The standard InChI is InChI=1S/C13H20N2O2S/c1-5-14-13(18)15-9(2)10-6-7-11(16-3)12(8-10)17-4/h6-9H,5H2,1-4H3,(H2,14,15,18). The number of rotatable bonds is 5. The Morgan fingerprint density at radius 3 is 2.50 bits per heavy atom. The van der Waals surface area contributed by atoms with Crippen LogP contribution in [0.2, 0.25) is 0 Å². The second-order valence-electron chi connectivity index (χ2n) is 3.84. The van der Waals surface area contributed by atoms with Crippen LogP contribution in [0.5, 0.6) is 11.5 Å². The van der Waals surface area contributed by atoms with Crippen LogP contribution in [0.4, 0.5) is 0 Å². The topological polar surface area (TPSA) is 42.5 Å². The van der Waals surface area contributed by atoms with Crippen molar-refractivity contribution in [1.29, 1.82) is 0 Å². The zero-order chi connectivity index (χ0) is 13.5. The summed E-state index contributed by atoms with van der Waals surface area (Å²) in [4.78, 5) is 0. The van der Waals surface area contributed by atoms with Crippen LogP contribution in [-0.2, 0) is 0 Å². The maximum Gasteiger partial charge on any atom is 0.166 e. The molecule has 0 aliphatic rings. The zero-order valence-corrected chi connectivity index (χ0v) is 12.1. The SMILES string of the molecule is CCNC(=S)NC(C)c1ccc(OC)c(OC)c1. The Kier molecular flexibility index (Phi) is 5.71. The molecule has 0 heterocycles. The highest BCUT2D eigenvalue weighted by atomic mass is 32.1. The molecule has 0 amide bonds. The molecule has 0 radical (unpaired) electrons. The van der Waals surface area contributed by atoms with Crippen LogP contribution in [0.3, 0.4) is 0 Å². The Balaban J connectivity index is 2.79. The fourth-order valence-corrected chi connectivity index (χ4v) is 1.93. The molecule has 0 bridgehead atoms. The van der Waals surface area contributed by atoms with Crippen LogP contribution in [-0.4, -0.2) is 25.9 Å². The lowest BCUT2D eigenvalue weighted by Crippen LogP contribution is -2.36. The minimum absolute atomic E-state index is 0.108. The summed E-state index contributed by atoms with van der Waals surface area (Å²) in [5.41, 5.74) is 1.09. The summed E-state index contributed by atoms with van der Waals surface area (Å²) in [6.07, 6.45) is 0. The van der Waals surface area contributed by atoms with Gasteiger partial charge in [0.25, 0.3) is 0 Å². The molecule has 1 aromatic rings. The van der Waals surface area contributed by atoms with Crippen molar-refractivity contribution in [3.63, 3.8) is 0 Å². The first kappa shape index (κ1) is 14.6. The van der Waals surface area contributed by atoms with Crippen LogP contribution in [0.25, 0.3) is 0 Å². The summed E-state index contributed by atoms with van der Waals surface area (Å²) in [5, 5.41) is 6.92. The maximum atomic E-state index is 5.28. The lowest BCUT2D eigenvalue weighted by Gasteiger charge is -2.18. The van der Waals surface area contributed by atoms with E-state index < -0.39 is 0 Å². The van der Waals surface area contributed by atoms with Gasteiger partial charge in [-0.15, -0.1) is 0 Å². The van der Waals surface area contributed by atoms with Crippen molar-refractivity contribution in [1.82, 2.24) is 10.6 Å². The van der Waals surface area contributed by atoms with Gasteiger partial charge < -0.3 is 20.1 Å². The van der Waals surface area contributed by atoms with E-state index in [9.17, 15) is 0 Å². The van der Waals surface area contributed by atoms with E-state index in [-0.39, 0.29) is 6.04 Å². The molecule has 1 atom stereocenters. The highest BCUT2D eigenvalue weighted by Crippen LogP contribution is 2.29. The zero-order valence-electron chi connectivity index (χ0n) is 11.2. The fraction of sp³-hybridized carbons (Fsp3) is 0.462. The summed E-state index contributed by atoms with van der Waals surface area (Å²) in [5.74, 6) is 1.45. The Morgan fingerprint density at radius 2 is 1.94 bits per heavy atom. The molecule has 1 aromatic carbocycles. The average molecular weight is 268 g/mol. The fourth-order valence-electron chi connectivity index (χ4n) is 1.61. The maximum absolute atomic E-state index is 5.28. The number of methoxy groups -OCH3 is 2. The number of hydrogen-bond donors (Lipinski definition) is 2. The van der Waals surface area contributed by atoms with Crippen LogP contribution >= 0.6 is 12.2 Å². The van der Waals surface area contributed by atoms with E-state index in [2.05, 4.69) is 10.6 Å². The van der Waals surface area contributed by atoms with Crippen molar-refractivity contribution < 1.29 is 9.47 Å². The number of nitrogens with one attached hydrogen (secondary N) is 2. The summed E-state index contributed by atoms with van der Waals surface area (Å²) >= 11 is 5.16. The van der Waals surface area contributed by atoms with Crippen molar-refractivity contribution in [3.05, 3.63) is 23.8 Å². The molecule has 1 rings (SSSR count). The van der Waals surface area contributed by atoms with E-state index in [1.54, 1.807) is 14.2 Å². The lowest BCUT2D eigenvalue weighted by molar-refractivity contribution is 0.354. The molecule has 0 aliphatic carbocycles. The molecular formula is C13H20N2O2S. The largest absolute Gasteiger partial charge is 0.493 e. The Labute approximate surface area is 114 Å². The third-order valence-corrected chi connectivity index (χ3v) is 2.85. The van der Waals surface area contributed by atoms with Crippen LogP contribution in [0, 0.1) is 0 Å². The molecule has 0 saturated heterocycles. The average Bonchev–Trinajstić information content (AvgIpc) is 2.38. The highest BCUT2D eigenvalue weighted by molar-refractivity contribution is 7.80. The van der Waals surface area contributed by atoms with E-state index in [0.717, 1.165) is 23.6 Å². The second-order valence-corrected chi connectivity index (χ2v) is 4.25. The summed E-state index contributed by atoms with van der Waals surface area (Å²) in [7, 11) is 3.25. The van der Waals surface area contributed by atoms with Gasteiger partial charge in [0, 0.05) is 6.54 Å². The first-order chi connectivity index (χ1) is 8.62. The normalized spacial score (nSPS) is 11.6. The lowest BCUT2D eigenvalue weighted by atomic mass is 10.1. The molecule has 2 N–H and O–H groups in total. The number of ether oxygens (including phenoxy) is 2. The quantitative estimate of drug-likeness (QED) is 0.802. The van der Waals surface area contributed by atoms with Gasteiger partial charge in [0.15, 0.2) is 16.6 Å². The minimum Gasteiger partial charge on any atom is -0.493 e. The van der Waals surface area contributed by atoms with Gasteiger partial charge in [0.05, 0.1) is 20.3 Å². The molecule has 0 spiro atoms. The molecule has 0 aromatic heterocycles. The van der Waals surface area contributed by atoms with Crippen LogP contribution in [0.1, 0.15) is 25.5 Å². The summed E-state index contributed by atoms with van der Waals surface area (Å²) in [6.45, 7) is 4.87. The van der Waals surface area contributed by atoms with Crippen LogP contribution in [0.15, 0.2) is 18.2 Å². The van der Waals surface area contributed by atoms with Gasteiger partial charge in [0.2, 0.25) is 0 Å². The van der Waals surface area contributed by atoms with Gasteiger partial charge in [-0.05, 0) is 43.8 Å². The number of benzene rings is 1. The van der Waals surface area contributed by atoms with Gasteiger partial charge >= 0.3 is 0 Å². The number of thiocarbonyl (C=S) groups is 1. The molecule has 100 valence electrons. The van der Waals surface area contributed by atoms with Crippen molar-refractivity contribution >= 4 is 17.3 Å². The smallest absolute Gasteiger partial charge is 0.166 e. The van der Waals surface area contributed by atoms with E-state index >= 15 is 0 Å². The van der Waals surface area contributed by atoms with E-state index in [1.165, 1.54) is 0 Å². The molecule has 0 saturated carbocycles. The van der Waals surface area contributed by atoms with Crippen LogP contribution < -0.4 is 20.1 Å². The van der Waals surface area contributed by atoms with Crippen molar-refractivity contribution in [2.45, 2.75) is 19.9 Å². The minimum atomic E-state index is 0.108. The number of hydrogen-bond acceptors (Lipinski definition) is 3. The van der Waals surface area contributed by atoms with Gasteiger partial charge in [0.1, 0.15) is 0 Å². The third-order valence-electron chi connectivity index (χ3n) is 2.59. The second kappa shape index (κ2) is 7.06. The van der Waals surface area contributed by atoms with Gasteiger partial charge in [-0.25, -0.2) is 0 Å². The molecule has 0 fully saturated rings. The van der Waals surface area contributed by atoms with E-state index in [4.69, 9.17) is 21.7 Å². The Morgan fingerprint density at radius 1 is 1.28 bits per heavy atom. The summed E-state index contributed by atoms with van der Waals surface area (Å²) in [6, 6.07) is 5.94. The van der Waals surface area contributed by atoms with E-state index in [1.807, 2.05) is 32.0 Å². The van der Waals surface area contributed by atoms with Crippen molar-refractivity contribution in [2.24, 2.45) is 0 Å². The molecular weight excluding hydrogens is 248 g/mol. The van der Waals surface area contributed by atoms with Gasteiger partial charge in [-0.1, -0.05) is 6.07 Å². The highest BCUT2D eigenvalue weighted by Gasteiger charge is 2.10. The van der Waals surface area contributed by atoms with Gasteiger partial charge in [-0.2, -0.15) is 0 Å². The van der Waals surface area contributed by atoms with Gasteiger partial charge in [-0.3, -0.25) is 0 Å². The molecule has 5 heteroatoms. The summed E-state index contributed by atoms with van der Waals surface area (Å²) < 4.78 is 10.5. The molecule has 4 nitrogen and oxygen atoms in total. The predicted molar refractivity (Wildman–Crippen MR) is 77.4 cm³/mol. The molecule has 1 unspecified atom stereocenters. The Hall–Kier alpha value is -1.49. The predicted octanol–water partition coefficient (Wildman–Crippen LogP) is 2.25. The first-order valence-electron chi connectivity index (χ1n) is 5.88. The van der Waals surface area contributed by atoms with E-state index in [0.29, 0.717) is 5.11 Å². The van der Waals surface area contributed by atoms with Crippen molar-refractivity contribution in [3.8, 4) is 11.5 Å². The Bertz CT molecular complexity index is 410. The first-order valence-corrected chi connectivity index (χ1v) is 6.29.